The number of carbonyl (C=O) groups is 1. The third-order valence-corrected chi connectivity index (χ3v) is 5.95. The van der Waals surface area contributed by atoms with Crippen LogP contribution in [0.5, 0.6) is 11.5 Å². The molecule has 0 radical (unpaired) electrons. The number of anilines is 1. The summed E-state index contributed by atoms with van der Waals surface area (Å²) in [6.45, 7) is 7.93. The van der Waals surface area contributed by atoms with E-state index < -0.39 is 16.1 Å². The van der Waals surface area contributed by atoms with Gasteiger partial charge in [0.1, 0.15) is 18.1 Å². The van der Waals surface area contributed by atoms with Crippen LogP contribution in [0.1, 0.15) is 25.0 Å². The molecule has 2 aromatic rings. The number of rotatable bonds is 9. The largest absolute Gasteiger partial charge is 0.491 e. The molecule has 164 valence electrons. The SMILES string of the molecule is Cc1ccc(OC[C@H](C)NC(=O)[C@H](C)Oc2ccc(N(C)S(C)(=O)=O)cc2)cc1C. The molecule has 0 heterocycles. The van der Waals surface area contributed by atoms with Crippen LogP contribution in [0.3, 0.4) is 0 Å². The fraction of sp³-hybridized carbons (Fsp3) is 0.409. The molecular weight excluding hydrogens is 404 g/mol. The number of nitrogens with one attached hydrogen (secondary N) is 1. The summed E-state index contributed by atoms with van der Waals surface area (Å²) in [5, 5.41) is 2.87. The normalized spacial score (nSPS) is 13.3. The molecule has 0 saturated carbocycles. The van der Waals surface area contributed by atoms with E-state index in [0.29, 0.717) is 18.0 Å². The Labute approximate surface area is 179 Å². The number of aryl methyl sites for hydroxylation is 2. The Morgan fingerprint density at radius 3 is 2.20 bits per heavy atom. The minimum Gasteiger partial charge on any atom is -0.491 e. The van der Waals surface area contributed by atoms with Crippen LogP contribution in [0.2, 0.25) is 0 Å². The van der Waals surface area contributed by atoms with Crippen LogP contribution in [0.15, 0.2) is 42.5 Å². The van der Waals surface area contributed by atoms with Gasteiger partial charge < -0.3 is 14.8 Å². The predicted octanol–water partition coefficient (Wildman–Crippen LogP) is 3.05. The Bertz CT molecular complexity index is 974. The molecule has 30 heavy (non-hydrogen) atoms. The van der Waals surface area contributed by atoms with Crippen molar-refractivity contribution in [2.75, 3.05) is 24.2 Å². The molecule has 0 unspecified atom stereocenters. The van der Waals surface area contributed by atoms with Gasteiger partial charge >= 0.3 is 0 Å². The Balaban J connectivity index is 1.85. The van der Waals surface area contributed by atoms with Crippen LogP contribution in [-0.4, -0.2) is 46.4 Å². The van der Waals surface area contributed by atoms with Gasteiger partial charge in [0, 0.05) is 7.05 Å². The summed E-state index contributed by atoms with van der Waals surface area (Å²) in [4.78, 5) is 12.4. The van der Waals surface area contributed by atoms with Crippen LogP contribution in [0.4, 0.5) is 5.69 Å². The van der Waals surface area contributed by atoms with Gasteiger partial charge in [0.25, 0.3) is 5.91 Å². The molecule has 0 aliphatic heterocycles. The summed E-state index contributed by atoms with van der Waals surface area (Å²) in [7, 11) is -1.86. The van der Waals surface area contributed by atoms with Gasteiger partial charge in [-0.05, 0) is 75.2 Å². The summed E-state index contributed by atoms with van der Waals surface area (Å²) in [5.74, 6) is 0.980. The van der Waals surface area contributed by atoms with Crippen LogP contribution in [0, 0.1) is 13.8 Å². The number of nitrogens with zero attached hydrogens (tertiary/aromatic N) is 1. The molecule has 0 aliphatic rings. The molecule has 0 saturated heterocycles. The first-order chi connectivity index (χ1) is 14.0. The lowest BCUT2D eigenvalue weighted by molar-refractivity contribution is -0.128. The number of hydrogen-bond donors (Lipinski definition) is 1. The average molecular weight is 435 g/mol. The first-order valence-corrected chi connectivity index (χ1v) is 11.5. The molecule has 2 rings (SSSR count). The van der Waals surface area contributed by atoms with Gasteiger partial charge in [-0.25, -0.2) is 8.42 Å². The van der Waals surface area contributed by atoms with Gasteiger partial charge in [0.05, 0.1) is 18.0 Å². The zero-order valence-electron chi connectivity index (χ0n) is 18.3. The molecule has 0 aromatic heterocycles. The third kappa shape index (κ3) is 6.66. The maximum Gasteiger partial charge on any atom is 0.261 e. The fourth-order valence-corrected chi connectivity index (χ4v) is 3.12. The quantitative estimate of drug-likeness (QED) is 0.656. The van der Waals surface area contributed by atoms with Crippen molar-refractivity contribution < 1.29 is 22.7 Å². The molecule has 7 nitrogen and oxygen atoms in total. The molecule has 2 atom stereocenters. The number of amides is 1. The highest BCUT2D eigenvalue weighted by Gasteiger charge is 2.18. The van der Waals surface area contributed by atoms with Crippen molar-refractivity contribution in [2.45, 2.75) is 39.8 Å². The van der Waals surface area contributed by atoms with E-state index in [2.05, 4.69) is 5.32 Å². The highest BCUT2D eigenvalue weighted by molar-refractivity contribution is 7.92. The van der Waals surface area contributed by atoms with Crippen LogP contribution < -0.4 is 19.1 Å². The van der Waals surface area contributed by atoms with Crippen molar-refractivity contribution >= 4 is 21.6 Å². The number of benzene rings is 2. The number of carbonyl (C=O) groups excluding carboxylic acids is 1. The Kier molecular flexibility index (Phi) is 7.72. The molecular formula is C22H30N2O5S. The Hall–Kier alpha value is -2.74. The third-order valence-electron chi connectivity index (χ3n) is 4.75. The van der Waals surface area contributed by atoms with Crippen molar-refractivity contribution in [1.29, 1.82) is 0 Å². The van der Waals surface area contributed by atoms with Crippen molar-refractivity contribution in [3.05, 3.63) is 53.6 Å². The first kappa shape index (κ1) is 23.5. The first-order valence-electron chi connectivity index (χ1n) is 9.68. The lowest BCUT2D eigenvalue weighted by Crippen LogP contribution is -2.43. The molecule has 0 spiro atoms. The van der Waals surface area contributed by atoms with Gasteiger partial charge in [-0.15, -0.1) is 0 Å². The van der Waals surface area contributed by atoms with Crippen LogP contribution >= 0.6 is 0 Å². The highest BCUT2D eigenvalue weighted by Crippen LogP contribution is 2.21. The van der Waals surface area contributed by atoms with E-state index in [-0.39, 0.29) is 11.9 Å². The van der Waals surface area contributed by atoms with Crippen molar-refractivity contribution in [3.63, 3.8) is 0 Å². The van der Waals surface area contributed by atoms with Gasteiger partial charge in [0.15, 0.2) is 6.10 Å². The lowest BCUT2D eigenvalue weighted by atomic mass is 10.1. The van der Waals surface area contributed by atoms with E-state index in [1.807, 2.05) is 39.0 Å². The van der Waals surface area contributed by atoms with Crippen LogP contribution in [0.25, 0.3) is 0 Å². The maximum atomic E-state index is 12.4. The van der Waals surface area contributed by atoms with Gasteiger partial charge in [-0.2, -0.15) is 0 Å². The monoisotopic (exact) mass is 434 g/mol. The average Bonchev–Trinajstić information content (AvgIpc) is 2.68. The summed E-state index contributed by atoms with van der Waals surface area (Å²) in [5.41, 5.74) is 2.87. The van der Waals surface area contributed by atoms with E-state index in [4.69, 9.17) is 9.47 Å². The van der Waals surface area contributed by atoms with E-state index in [1.54, 1.807) is 31.2 Å². The van der Waals surface area contributed by atoms with Crippen molar-refractivity contribution in [2.24, 2.45) is 0 Å². The molecule has 2 aromatic carbocycles. The second-order valence-corrected chi connectivity index (χ2v) is 9.46. The molecule has 1 amide bonds. The zero-order valence-corrected chi connectivity index (χ0v) is 19.1. The second-order valence-electron chi connectivity index (χ2n) is 7.45. The Morgan fingerprint density at radius 2 is 1.63 bits per heavy atom. The Morgan fingerprint density at radius 1 is 1.03 bits per heavy atom. The lowest BCUT2D eigenvalue weighted by Gasteiger charge is -2.20. The molecule has 8 heteroatoms. The van der Waals surface area contributed by atoms with Gasteiger partial charge in [-0.3, -0.25) is 9.10 Å². The summed E-state index contributed by atoms with van der Waals surface area (Å²) < 4.78 is 35.8. The number of sulfonamides is 1. The smallest absolute Gasteiger partial charge is 0.261 e. The number of ether oxygens (including phenoxy) is 2. The fourth-order valence-electron chi connectivity index (χ4n) is 2.61. The summed E-state index contributed by atoms with van der Waals surface area (Å²) in [6.07, 6.45) is 0.418. The number of hydrogen-bond acceptors (Lipinski definition) is 5. The second kappa shape index (κ2) is 9.84. The zero-order chi connectivity index (χ0) is 22.5. The minimum atomic E-state index is -3.33. The standard InChI is InChI=1S/C22H30N2O5S/c1-15-7-10-21(13-16(15)2)28-14-17(3)23-22(25)18(4)29-20-11-8-19(9-12-20)24(5)30(6,26)27/h7-13,17-18H,14H2,1-6H3,(H,23,25)/t17-,18-/m0/s1. The summed E-state index contributed by atoms with van der Waals surface area (Å²) in [6, 6.07) is 12.2. The van der Waals surface area contributed by atoms with E-state index in [9.17, 15) is 13.2 Å². The van der Waals surface area contributed by atoms with Gasteiger partial charge in [0.2, 0.25) is 10.0 Å². The molecule has 0 aliphatic carbocycles. The highest BCUT2D eigenvalue weighted by atomic mass is 32.2. The van der Waals surface area contributed by atoms with Crippen molar-refractivity contribution in [1.82, 2.24) is 5.32 Å². The molecule has 1 N–H and O–H groups in total. The maximum absolute atomic E-state index is 12.4. The summed E-state index contributed by atoms with van der Waals surface area (Å²) >= 11 is 0. The minimum absolute atomic E-state index is 0.198. The van der Waals surface area contributed by atoms with Crippen LogP contribution in [-0.2, 0) is 14.8 Å². The molecule has 0 bridgehead atoms. The predicted molar refractivity (Wildman–Crippen MR) is 119 cm³/mol. The van der Waals surface area contributed by atoms with E-state index in [1.165, 1.54) is 16.9 Å². The van der Waals surface area contributed by atoms with Gasteiger partial charge in [-0.1, -0.05) is 6.07 Å². The van der Waals surface area contributed by atoms with E-state index in [0.717, 1.165) is 17.6 Å². The molecule has 0 fully saturated rings. The van der Waals surface area contributed by atoms with Crippen molar-refractivity contribution in [3.8, 4) is 11.5 Å². The van der Waals surface area contributed by atoms with E-state index >= 15 is 0 Å². The topological polar surface area (TPSA) is 84.9 Å².